The van der Waals surface area contributed by atoms with E-state index in [0.29, 0.717) is 49.4 Å². The largest absolute Gasteiger partial charge is 0.459 e. The average molecular weight is 610 g/mol. The van der Waals surface area contributed by atoms with Crippen LogP contribution in [-0.4, -0.2) is 53.3 Å². The summed E-state index contributed by atoms with van der Waals surface area (Å²) in [5, 5.41) is 0. The van der Waals surface area contributed by atoms with E-state index in [4.69, 9.17) is 18.9 Å². The van der Waals surface area contributed by atoms with Gasteiger partial charge in [0.1, 0.15) is 18.0 Å². The summed E-state index contributed by atoms with van der Waals surface area (Å²) in [4.78, 5) is 38.4. The summed E-state index contributed by atoms with van der Waals surface area (Å²) in [6, 6.07) is 0. The second-order valence-electron chi connectivity index (χ2n) is 14.3. The smallest absolute Gasteiger partial charge is 0.303 e. The molecule has 2 aliphatic heterocycles. The highest BCUT2D eigenvalue weighted by atomic mass is 79.9. The fourth-order valence-corrected chi connectivity index (χ4v) is 12.0. The molecule has 2 heterocycles. The summed E-state index contributed by atoms with van der Waals surface area (Å²) in [7, 11) is 0. The zero-order chi connectivity index (χ0) is 28.1. The highest BCUT2D eigenvalue weighted by Crippen LogP contribution is 2.70. The number of hydrogen-bond donors (Lipinski definition) is 0. The lowest BCUT2D eigenvalue weighted by molar-refractivity contribution is -0.267. The highest BCUT2D eigenvalue weighted by molar-refractivity contribution is 9.09. The van der Waals surface area contributed by atoms with Crippen molar-refractivity contribution in [2.75, 3.05) is 6.61 Å². The summed E-state index contributed by atoms with van der Waals surface area (Å²) in [6.45, 7) is 12.5. The van der Waals surface area contributed by atoms with Gasteiger partial charge in [0.05, 0.1) is 17.5 Å². The molecule has 6 fully saturated rings. The molecule has 0 aromatic heterocycles. The maximum atomic E-state index is 14.4. The summed E-state index contributed by atoms with van der Waals surface area (Å²) in [6.07, 6.45) is 5.07. The molecular weight excluding hydrogens is 564 g/mol. The number of ether oxygens (including phenoxy) is 4. The van der Waals surface area contributed by atoms with Crippen LogP contribution >= 0.6 is 15.9 Å². The third-order valence-electron chi connectivity index (χ3n) is 12.4. The summed E-state index contributed by atoms with van der Waals surface area (Å²) >= 11 is 3.92. The van der Waals surface area contributed by atoms with Crippen LogP contribution in [0.3, 0.4) is 0 Å². The molecule has 6 aliphatic rings. The Hall–Kier alpha value is -0.990. The van der Waals surface area contributed by atoms with E-state index in [2.05, 4.69) is 43.6 Å². The standard InChI is InChI=1S/C31H45BrO7/c1-15-9-26(32)31(36-14-15)16(2)28-24(39-31)11-22-20-8-7-19-10-23(37-17(3)33)25(38-18(4)34)13-29(19,5)21(20)12-27(35)30(22,28)6/h15-16,19-26,28H,7-14H2,1-6H3/t15-,16+,19-,20-,21+,22+,23+,24+,25-,26+,28+,29-,30+,31+/m0/s1. The number of esters is 2. The molecule has 0 aromatic rings. The number of hydrogen-bond acceptors (Lipinski definition) is 7. The van der Waals surface area contributed by atoms with Crippen molar-refractivity contribution in [3.63, 3.8) is 0 Å². The third kappa shape index (κ3) is 4.04. The van der Waals surface area contributed by atoms with Crippen LogP contribution in [-0.2, 0) is 33.3 Å². The zero-order valence-corrected chi connectivity index (χ0v) is 25.8. The molecule has 0 radical (unpaired) electrons. The van der Waals surface area contributed by atoms with Gasteiger partial charge < -0.3 is 18.9 Å². The Labute approximate surface area is 240 Å². The lowest BCUT2D eigenvalue weighted by Gasteiger charge is -2.61. The fourth-order valence-electron chi connectivity index (χ4n) is 10.7. The Kier molecular flexibility index (Phi) is 6.87. The Morgan fingerprint density at radius 3 is 2.33 bits per heavy atom. The lowest BCUT2D eigenvalue weighted by atomic mass is 9.43. The first kappa shape index (κ1) is 28.1. The molecular formula is C31H45BrO7. The summed E-state index contributed by atoms with van der Waals surface area (Å²) < 4.78 is 24.8. The average Bonchev–Trinajstić information content (AvgIpc) is 3.29. The molecule has 7 nitrogen and oxygen atoms in total. The van der Waals surface area contributed by atoms with E-state index < -0.39 is 23.4 Å². The van der Waals surface area contributed by atoms with E-state index in [1.165, 1.54) is 13.8 Å². The van der Waals surface area contributed by atoms with E-state index in [0.717, 1.165) is 25.7 Å². The molecule has 0 N–H and O–H groups in total. The third-order valence-corrected chi connectivity index (χ3v) is 13.4. The molecule has 6 rings (SSSR count). The number of Topliss-reactive ketones (excluding diaryl/α,β-unsaturated/α-hetero) is 1. The monoisotopic (exact) mass is 608 g/mol. The normalized spacial score (nSPS) is 54.3. The van der Waals surface area contributed by atoms with Gasteiger partial charge in [0.25, 0.3) is 0 Å². The second-order valence-corrected chi connectivity index (χ2v) is 15.5. The first-order valence-corrected chi connectivity index (χ1v) is 16.1. The SMILES string of the molecule is CC(=O)O[C@H]1C[C@@]2(C)[C@@H](CC[C@H]3[C@H]2CC(=O)[C@]2(C)[C@@H]4[C@@H](C)[C@@]5(OC[C@@H](C)C[C@H]5Br)O[C@@H]4C[C@H]32)C[C@H]1OC(C)=O. The summed E-state index contributed by atoms with van der Waals surface area (Å²) in [5.41, 5.74) is -0.563. The van der Waals surface area contributed by atoms with Crippen LogP contribution in [0.4, 0.5) is 0 Å². The number of carbonyl (C=O) groups is 3. The van der Waals surface area contributed by atoms with Gasteiger partial charge in [-0.3, -0.25) is 14.4 Å². The molecule has 0 bridgehead atoms. The van der Waals surface area contributed by atoms with Crippen LogP contribution in [0.1, 0.15) is 86.5 Å². The second kappa shape index (κ2) is 9.52. The zero-order valence-electron chi connectivity index (χ0n) is 24.2. The molecule has 0 aromatic carbocycles. The van der Waals surface area contributed by atoms with Gasteiger partial charge in [-0.25, -0.2) is 0 Å². The number of carbonyl (C=O) groups excluding carboxylic acids is 3. The topological polar surface area (TPSA) is 88.1 Å². The van der Waals surface area contributed by atoms with Crippen LogP contribution in [0, 0.1) is 52.3 Å². The Morgan fingerprint density at radius 1 is 0.974 bits per heavy atom. The first-order valence-electron chi connectivity index (χ1n) is 15.1. The van der Waals surface area contributed by atoms with Crippen LogP contribution in [0.5, 0.6) is 0 Å². The molecule has 4 aliphatic carbocycles. The van der Waals surface area contributed by atoms with Crippen molar-refractivity contribution >= 4 is 33.7 Å². The van der Waals surface area contributed by atoms with E-state index in [-0.39, 0.29) is 52.0 Å². The molecule has 1 spiro atoms. The molecule has 2 saturated heterocycles. The minimum atomic E-state index is -0.650. The number of ketones is 1. The molecule has 39 heavy (non-hydrogen) atoms. The maximum absolute atomic E-state index is 14.4. The molecule has 0 amide bonds. The van der Waals surface area contributed by atoms with E-state index in [1.54, 1.807) is 0 Å². The molecule has 0 unspecified atom stereocenters. The van der Waals surface area contributed by atoms with E-state index in [1.807, 2.05) is 0 Å². The minimum absolute atomic E-state index is 0.0326. The quantitative estimate of drug-likeness (QED) is 0.304. The van der Waals surface area contributed by atoms with Crippen molar-refractivity contribution in [2.45, 2.75) is 115 Å². The minimum Gasteiger partial charge on any atom is -0.459 e. The highest BCUT2D eigenvalue weighted by Gasteiger charge is 2.73. The van der Waals surface area contributed by atoms with E-state index >= 15 is 0 Å². The molecule has 218 valence electrons. The number of alkyl halides is 1. The van der Waals surface area contributed by atoms with Crippen molar-refractivity contribution in [3.05, 3.63) is 0 Å². The van der Waals surface area contributed by atoms with Crippen LogP contribution < -0.4 is 0 Å². The molecule has 8 heteroatoms. The van der Waals surface area contributed by atoms with Crippen molar-refractivity contribution in [1.82, 2.24) is 0 Å². The van der Waals surface area contributed by atoms with Gasteiger partial charge in [0.2, 0.25) is 0 Å². The van der Waals surface area contributed by atoms with Crippen molar-refractivity contribution < 1.29 is 33.3 Å². The van der Waals surface area contributed by atoms with Gasteiger partial charge in [-0.15, -0.1) is 0 Å². The predicted molar refractivity (Wildman–Crippen MR) is 147 cm³/mol. The van der Waals surface area contributed by atoms with Gasteiger partial charge >= 0.3 is 11.9 Å². The fraction of sp³-hybridized carbons (Fsp3) is 0.903. The van der Waals surface area contributed by atoms with Gasteiger partial charge in [0.15, 0.2) is 5.79 Å². The van der Waals surface area contributed by atoms with Crippen LogP contribution in [0.2, 0.25) is 0 Å². The Balaban J connectivity index is 1.28. The lowest BCUT2D eigenvalue weighted by Crippen LogP contribution is -2.61. The van der Waals surface area contributed by atoms with Gasteiger partial charge in [0, 0.05) is 37.5 Å². The molecule has 4 saturated carbocycles. The summed E-state index contributed by atoms with van der Waals surface area (Å²) in [5.74, 6) is 1.08. The van der Waals surface area contributed by atoms with Gasteiger partial charge in [-0.1, -0.05) is 43.6 Å². The number of rotatable bonds is 2. The Bertz CT molecular complexity index is 1050. The number of fused-ring (bicyclic) bond motifs is 7. The van der Waals surface area contributed by atoms with Gasteiger partial charge in [-0.05, 0) is 73.5 Å². The van der Waals surface area contributed by atoms with Crippen LogP contribution in [0.25, 0.3) is 0 Å². The Morgan fingerprint density at radius 2 is 1.67 bits per heavy atom. The van der Waals surface area contributed by atoms with Gasteiger partial charge in [-0.2, -0.15) is 0 Å². The van der Waals surface area contributed by atoms with Crippen molar-refractivity contribution in [2.24, 2.45) is 52.3 Å². The van der Waals surface area contributed by atoms with Crippen molar-refractivity contribution in [1.29, 1.82) is 0 Å². The molecule has 14 atom stereocenters. The van der Waals surface area contributed by atoms with Crippen molar-refractivity contribution in [3.8, 4) is 0 Å². The van der Waals surface area contributed by atoms with Crippen LogP contribution in [0.15, 0.2) is 0 Å². The number of halogens is 1. The predicted octanol–water partition coefficient (Wildman–Crippen LogP) is 5.46. The maximum Gasteiger partial charge on any atom is 0.303 e. The first-order chi connectivity index (χ1) is 18.3. The van der Waals surface area contributed by atoms with E-state index in [9.17, 15) is 14.4 Å².